The van der Waals surface area contributed by atoms with E-state index in [9.17, 15) is 28.3 Å². The highest BCUT2D eigenvalue weighted by Gasteiger charge is 2.61. The van der Waals surface area contributed by atoms with Crippen LogP contribution in [0.4, 0.5) is 8.78 Å². The summed E-state index contributed by atoms with van der Waals surface area (Å²) in [6, 6.07) is 0. The normalized spacial score (nSPS) is 37.1. The minimum absolute atomic E-state index is 0.0158. The summed E-state index contributed by atoms with van der Waals surface area (Å²) < 4.78 is 35.7. The number of hydrogen-bond acceptors (Lipinski definition) is 6. The van der Waals surface area contributed by atoms with E-state index in [-0.39, 0.29) is 29.6 Å². The lowest BCUT2D eigenvalue weighted by molar-refractivity contribution is -0.331. The lowest BCUT2D eigenvalue weighted by atomic mass is 9.46. The number of ether oxygens (including phenoxy) is 2. The average Bonchev–Trinajstić information content (AvgIpc) is 2.51. The van der Waals surface area contributed by atoms with Gasteiger partial charge < -0.3 is 19.4 Å². The smallest absolute Gasteiger partial charge is 0.320 e. The Morgan fingerprint density at radius 2 is 1.75 bits per heavy atom. The molecule has 4 aliphatic rings. The van der Waals surface area contributed by atoms with Crippen molar-refractivity contribution in [2.75, 3.05) is 13.7 Å². The number of carbonyl (C=O) groups excluding carboxylic acids is 3. The Labute approximate surface area is 137 Å². The molecule has 6 nitrogen and oxygen atoms in total. The number of methoxy groups -OCH3 is 1. The molecule has 2 unspecified atom stereocenters. The van der Waals surface area contributed by atoms with Gasteiger partial charge >= 0.3 is 17.9 Å². The van der Waals surface area contributed by atoms with Crippen molar-refractivity contribution in [2.24, 2.45) is 29.1 Å². The Morgan fingerprint density at radius 3 is 2.25 bits per heavy atom. The van der Waals surface area contributed by atoms with Crippen LogP contribution >= 0.6 is 0 Å². The van der Waals surface area contributed by atoms with E-state index < -0.39 is 29.9 Å². The van der Waals surface area contributed by atoms with Crippen molar-refractivity contribution in [3.05, 3.63) is 0 Å². The van der Waals surface area contributed by atoms with Gasteiger partial charge in [-0.25, -0.2) is 0 Å². The zero-order valence-electron chi connectivity index (χ0n) is 13.3. The van der Waals surface area contributed by atoms with Crippen LogP contribution in [0, 0.1) is 29.1 Å². The van der Waals surface area contributed by atoms with Crippen molar-refractivity contribution in [2.45, 2.75) is 38.0 Å². The fourth-order valence-corrected chi connectivity index (χ4v) is 5.16. The molecule has 0 aromatic rings. The van der Waals surface area contributed by atoms with Crippen LogP contribution in [0.3, 0.4) is 0 Å². The van der Waals surface area contributed by atoms with Crippen molar-refractivity contribution < 1.29 is 37.7 Å². The number of hydrogen-bond donors (Lipinski definition) is 0. The van der Waals surface area contributed by atoms with Crippen LogP contribution in [-0.2, 0) is 23.9 Å². The molecule has 4 rings (SSSR count). The summed E-state index contributed by atoms with van der Waals surface area (Å²) in [5.41, 5.74) is -0.886. The molecule has 0 amide bonds. The van der Waals surface area contributed by atoms with Gasteiger partial charge in [0.1, 0.15) is 5.97 Å². The Morgan fingerprint density at radius 1 is 1.17 bits per heavy atom. The summed E-state index contributed by atoms with van der Waals surface area (Å²) >= 11 is 0. The summed E-state index contributed by atoms with van der Waals surface area (Å²) in [5, 5.41) is 10.3. The minimum atomic E-state index is -4.20. The molecule has 8 heteroatoms. The average molecular weight is 345 g/mol. The van der Waals surface area contributed by atoms with Crippen LogP contribution < -0.4 is 5.11 Å². The molecule has 24 heavy (non-hydrogen) atoms. The second-order valence-corrected chi connectivity index (χ2v) is 7.37. The van der Waals surface area contributed by atoms with Gasteiger partial charge in [-0.2, -0.15) is 8.78 Å². The quantitative estimate of drug-likeness (QED) is 0.675. The van der Waals surface area contributed by atoms with Crippen LogP contribution in [0.25, 0.3) is 0 Å². The third-order valence-electron chi connectivity index (χ3n) is 5.86. The molecule has 0 heterocycles. The largest absolute Gasteiger partial charge is 0.544 e. The van der Waals surface area contributed by atoms with Gasteiger partial charge in [0.2, 0.25) is 0 Å². The van der Waals surface area contributed by atoms with E-state index in [1.165, 1.54) is 7.11 Å². The van der Waals surface area contributed by atoms with E-state index in [0.717, 1.165) is 12.8 Å². The highest BCUT2D eigenvalue weighted by Crippen LogP contribution is 2.62. The molecule has 0 aromatic carbocycles. The number of carboxylic acid groups (broad SMARTS) is 1. The van der Waals surface area contributed by atoms with Gasteiger partial charge in [0.05, 0.1) is 18.4 Å². The topological polar surface area (TPSA) is 92.7 Å². The minimum Gasteiger partial charge on any atom is -0.544 e. The van der Waals surface area contributed by atoms with Crippen LogP contribution in [0.5, 0.6) is 0 Å². The zero-order chi connectivity index (χ0) is 17.7. The Balaban J connectivity index is 1.72. The van der Waals surface area contributed by atoms with Gasteiger partial charge in [0, 0.05) is 0 Å². The Bertz CT molecular complexity index is 559. The van der Waals surface area contributed by atoms with Gasteiger partial charge in [0.15, 0.2) is 6.61 Å². The molecule has 4 fully saturated rings. The molecule has 0 aliphatic heterocycles. The van der Waals surface area contributed by atoms with E-state index >= 15 is 0 Å². The summed E-state index contributed by atoms with van der Waals surface area (Å²) in [7, 11) is 1.33. The predicted octanol–water partition coefficient (Wildman–Crippen LogP) is 0.530. The maximum Gasteiger partial charge on any atom is 0.320 e. The van der Waals surface area contributed by atoms with Crippen molar-refractivity contribution >= 4 is 17.9 Å². The molecular formula is C16H19F2O6-. The molecule has 0 radical (unpaired) electrons. The molecule has 134 valence electrons. The fourth-order valence-electron chi connectivity index (χ4n) is 5.16. The second-order valence-electron chi connectivity index (χ2n) is 7.37. The molecule has 0 saturated heterocycles. The first-order valence-corrected chi connectivity index (χ1v) is 8.03. The standard InChI is InChI=1S/C16H20F2O6/c1-23-12(19)11-9-2-8-3-10(11)6-15(4-8,5-9)14(22)24-7-16(17,18)13(20)21/h8-11H,2-7H2,1H3,(H,20,21)/p-1. The monoisotopic (exact) mass is 345 g/mol. The van der Waals surface area contributed by atoms with Gasteiger partial charge in [0.25, 0.3) is 0 Å². The third-order valence-corrected chi connectivity index (χ3v) is 5.86. The van der Waals surface area contributed by atoms with Crippen LogP contribution in [-0.4, -0.2) is 37.5 Å². The number of carboxylic acids is 1. The summed E-state index contributed by atoms with van der Waals surface area (Å²) in [6.45, 7) is -1.52. The second kappa shape index (κ2) is 5.67. The number of rotatable bonds is 5. The molecule has 0 aromatic heterocycles. The summed E-state index contributed by atoms with van der Waals surface area (Å²) in [5.74, 6) is -7.86. The number of esters is 2. The molecule has 0 N–H and O–H groups in total. The van der Waals surface area contributed by atoms with Crippen molar-refractivity contribution in [3.8, 4) is 0 Å². The first kappa shape index (κ1) is 17.1. The highest BCUT2D eigenvalue weighted by atomic mass is 19.3. The maximum atomic E-state index is 13.1. The lowest BCUT2D eigenvalue weighted by Gasteiger charge is -2.57. The van der Waals surface area contributed by atoms with Crippen molar-refractivity contribution in [3.63, 3.8) is 0 Å². The van der Waals surface area contributed by atoms with Crippen LogP contribution in [0.1, 0.15) is 32.1 Å². The Kier molecular flexibility index (Phi) is 4.04. The SMILES string of the molecule is COC(=O)C1C2CC3CC1CC(C(=O)OCC(F)(F)C(=O)[O-])(C3)C2. The van der Waals surface area contributed by atoms with E-state index in [1.807, 2.05) is 0 Å². The number of alkyl halides is 2. The zero-order valence-corrected chi connectivity index (χ0v) is 13.3. The summed E-state index contributed by atoms with van der Waals surface area (Å²) in [4.78, 5) is 34.8. The van der Waals surface area contributed by atoms with Gasteiger partial charge in [-0.15, -0.1) is 0 Å². The highest BCUT2D eigenvalue weighted by molar-refractivity contribution is 5.80. The Hall–Kier alpha value is -1.73. The molecule has 4 aliphatic carbocycles. The van der Waals surface area contributed by atoms with Crippen LogP contribution in [0.2, 0.25) is 0 Å². The van der Waals surface area contributed by atoms with E-state index in [2.05, 4.69) is 4.74 Å². The molecule has 0 spiro atoms. The van der Waals surface area contributed by atoms with Gasteiger partial charge in [-0.1, -0.05) is 0 Å². The molecule has 4 bridgehead atoms. The maximum absolute atomic E-state index is 13.1. The van der Waals surface area contributed by atoms with E-state index in [0.29, 0.717) is 19.3 Å². The fraction of sp³-hybridized carbons (Fsp3) is 0.812. The van der Waals surface area contributed by atoms with Gasteiger partial charge in [-0.05, 0) is 49.9 Å². The number of halogens is 2. The molecule has 2 atom stereocenters. The van der Waals surface area contributed by atoms with E-state index in [4.69, 9.17) is 4.74 Å². The summed E-state index contributed by atoms with van der Waals surface area (Å²) in [6.07, 6.45) is 2.98. The number of aliphatic carboxylic acids is 1. The first-order valence-electron chi connectivity index (χ1n) is 8.03. The van der Waals surface area contributed by atoms with Crippen molar-refractivity contribution in [1.29, 1.82) is 0 Å². The lowest BCUT2D eigenvalue weighted by Crippen LogP contribution is -2.56. The number of carbonyl (C=O) groups is 3. The van der Waals surface area contributed by atoms with E-state index in [1.54, 1.807) is 0 Å². The van der Waals surface area contributed by atoms with Gasteiger partial charge in [-0.3, -0.25) is 9.59 Å². The third kappa shape index (κ3) is 2.65. The molecular weight excluding hydrogens is 326 g/mol. The van der Waals surface area contributed by atoms with Crippen molar-refractivity contribution in [1.82, 2.24) is 0 Å². The predicted molar refractivity (Wildman–Crippen MR) is 72.4 cm³/mol. The van der Waals surface area contributed by atoms with Crippen LogP contribution in [0.15, 0.2) is 0 Å². The first-order chi connectivity index (χ1) is 11.2. The molecule has 4 saturated carbocycles.